The lowest BCUT2D eigenvalue weighted by atomic mass is 9.79. The molecule has 0 saturated heterocycles. The van der Waals surface area contributed by atoms with Crippen molar-refractivity contribution in [2.24, 2.45) is 35.5 Å². The predicted octanol–water partition coefficient (Wildman–Crippen LogP) is 3.05. The molecular formula is C17H28O4. The summed E-state index contributed by atoms with van der Waals surface area (Å²) in [6.07, 6.45) is 2.74. The minimum absolute atomic E-state index is 0.208. The van der Waals surface area contributed by atoms with E-state index in [-0.39, 0.29) is 23.8 Å². The number of hydrogen-bond donors (Lipinski definition) is 0. The van der Waals surface area contributed by atoms with E-state index in [4.69, 9.17) is 9.47 Å². The molecule has 120 valence electrons. The van der Waals surface area contributed by atoms with E-state index < -0.39 is 0 Å². The van der Waals surface area contributed by atoms with E-state index >= 15 is 0 Å². The van der Waals surface area contributed by atoms with E-state index in [0.717, 1.165) is 19.3 Å². The third kappa shape index (κ3) is 4.45. The second kappa shape index (κ2) is 6.80. The molecule has 2 aliphatic carbocycles. The summed E-state index contributed by atoms with van der Waals surface area (Å²) >= 11 is 0. The van der Waals surface area contributed by atoms with Crippen LogP contribution in [0.15, 0.2) is 0 Å². The molecule has 0 spiro atoms. The number of fused-ring (bicyclic) bond motifs is 1. The molecule has 0 N–H and O–H groups in total. The molecule has 0 aromatic rings. The molecule has 0 aliphatic heterocycles. The normalized spacial score (nSPS) is 31.0. The van der Waals surface area contributed by atoms with E-state index in [9.17, 15) is 9.59 Å². The first kappa shape index (κ1) is 16.3. The fourth-order valence-electron chi connectivity index (χ4n) is 3.10. The molecule has 2 saturated carbocycles. The summed E-state index contributed by atoms with van der Waals surface area (Å²) in [6.45, 7) is 8.91. The zero-order valence-electron chi connectivity index (χ0n) is 13.6. The maximum atomic E-state index is 12.3. The number of ether oxygens (including phenoxy) is 2. The second-order valence-corrected chi connectivity index (χ2v) is 7.49. The van der Waals surface area contributed by atoms with Crippen LogP contribution in [0.2, 0.25) is 0 Å². The minimum atomic E-state index is -0.299. The van der Waals surface area contributed by atoms with Crippen molar-refractivity contribution in [3.05, 3.63) is 0 Å². The summed E-state index contributed by atoms with van der Waals surface area (Å²) in [7, 11) is 0. The van der Waals surface area contributed by atoms with Crippen molar-refractivity contribution in [2.75, 3.05) is 13.2 Å². The lowest BCUT2D eigenvalue weighted by Gasteiger charge is -2.28. The van der Waals surface area contributed by atoms with Gasteiger partial charge >= 0.3 is 11.9 Å². The van der Waals surface area contributed by atoms with Gasteiger partial charge in [0.1, 0.15) is 0 Å². The maximum Gasteiger partial charge on any atom is 0.309 e. The Hall–Kier alpha value is -1.06. The zero-order chi connectivity index (χ0) is 15.6. The Morgan fingerprint density at radius 1 is 0.810 bits per heavy atom. The third-order valence-corrected chi connectivity index (χ3v) is 4.39. The molecular weight excluding hydrogens is 268 g/mol. The summed E-state index contributed by atoms with van der Waals surface area (Å²) < 4.78 is 10.7. The zero-order valence-corrected chi connectivity index (χ0v) is 13.6. The summed E-state index contributed by atoms with van der Waals surface area (Å²) in [5.74, 6) is 0.863. The van der Waals surface area contributed by atoms with Crippen LogP contribution >= 0.6 is 0 Å². The van der Waals surface area contributed by atoms with Gasteiger partial charge in [0.15, 0.2) is 0 Å². The Labute approximate surface area is 127 Å². The second-order valence-electron chi connectivity index (χ2n) is 7.49. The SMILES string of the molecule is CC(C)COC(=O)C1CC2CC2CC1C(=O)OCC(C)C. The van der Waals surface area contributed by atoms with Gasteiger partial charge in [-0.1, -0.05) is 27.7 Å². The van der Waals surface area contributed by atoms with Gasteiger partial charge in [-0.2, -0.15) is 0 Å². The van der Waals surface area contributed by atoms with Gasteiger partial charge < -0.3 is 9.47 Å². The highest BCUT2D eigenvalue weighted by atomic mass is 16.5. The lowest BCUT2D eigenvalue weighted by Crippen LogP contribution is -2.36. The average Bonchev–Trinajstić information content (AvgIpc) is 3.18. The van der Waals surface area contributed by atoms with Crippen LogP contribution in [-0.2, 0) is 19.1 Å². The molecule has 0 bridgehead atoms. The Balaban J connectivity index is 1.94. The summed E-state index contributed by atoms with van der Waals surface area (Å²) in [5.41, 5.74) is 0. The van der Waals surface area contributed by atoms with Crippen molar-refractivity contribution in [2.45, 2.75) is 47.0 Å². The van der Waals surface area contributed by atoms with Crippen molar-refractivity contribution < 1.29 is 19.1 Å². The first-order chi connectivity index (χ1) is 9.88. The fourth-order valence-corrected chi connectivity index (χ4v) is 3.10. The first-order valence-corrected chi connectivity index (χ1v) is 8.21. The molecule has 2 rings (SSSR count). The average molecular weight is 296 g/mol. The van der Waals surface area contributed by atoms with Crippen molar-refractivity contribution in [1.29, 1.82) is 0 Å². The Bertz CT molecular complexity index is 352. The number of carbonyl (C=O) groups is 2. The quantitative estimate of drug-likeness (QED) is 0.707. The van der Waals surface area contributed by atoms with Crippen LogP contribution in [0.5, 0.6) is 0 Å². The van der Waals surface area contributed by atoms with Gasteiger partial charge in [0, 0.05) is 0 Å². The molecule has 4 unspecified atom stereocenters. The third-order valence-electron chi connectivity index (χ3n) is 4.39. The smallest absolute Gasteiger partial charge is 0.309 e. The fraction of sp³-hybridized carbons (Fsp3) is 0.882. The maximum absolute atomic E-state index is 12.3. The van der Waals surface area contributed by atoms with Crippen LogP contribution in [0.4, 0.5) is 0 Å². The van der Waals surface area contributed by atoms with Crippen LogP contribution in [0.25, 0.3) is 0 Å². The molecule has 0 heterocycles. The molecule has 2 aliphatic rings. The van der Waals surface area contributed by atoms with Crippen LogP contribution in [0.1, 0.15) is 47.0 Å². The molecule has 2 fully saturated rings. The number of carbonyl (C=O) groups excluding carboxylic acids is 2. The Kier molecular flexibility index (Phi) is 5.28. The van der Waals surface area contributed by atoms with Crippen LogP contribution in [0, 0.1) is 35.5 Å². The molecule has 4 nitrogen and oxygen atoms in total. The summed E-state index contributed by atoms with van der Waals surface area (Å²) in [5, 5.41) is 0. The molecule has 21 heavy (non-hydrogen) atoms. The van der Waals surface area contributed by atoms with Gasteiger partial charge in [-0.3, -0.25) is 9.59 Å². The highest BCUT2D eigenvalue weighted by Gasteiger charge is 2.52. The largest absolute Gasteiger partial charge is 0.465 e. The lowest BCUT2D eigenvalue weighted by molar-refractivity contribution is -0.164. The Morgan fingerprint density at radius 2 is 1.19 bits per heavy atom. The van der Waals surface area contributed by atoms with Crippen LogP contribution < -0.4 is 0 Å². The molecule has 0 amide bonds. The van der Waals surface area contributed by atoms with Gasteiger partial charge in [-0.15, -0.1) is 0 Å². The van der Waals surface area contributed by atoms with Gasteiger partial charge in [0.05, 0.1) is 25.0 Å². The number of esters is 2. The number of rotatable bonds is 6. The van der Waals surface area contributed by atoms with E-state index in [2.05, 4.69) is 0 Å². The standard InChI is InChI=1S/C17H28O4/c1-10(2)8-20-16(18)14-6-12-5-13(12)7-15(14)17(19)21-9-11(3)4/h10-15H,5-9H2,1-4H3. The summed E-state index contributed by atoms with van der Waals surface area (Å²) in [4.78, 5) is 24.6. The highest BCUT2D eigenvalue weighted by Crippen LogP contribution is 2.54. The van der Waals surface area contributed by atoms with Crippen molar-refractivity contribution >= 4 is 11.9 Å². The van der Waals surface area contributed by atoms with Gasteiger partial charge in [-0.05, 0) is 42.9 Å². The van der Waals surface area contributed by atoms with E-state index in [1.807, 2.05) is 27.7 Å². The van der Waals surface area contributed by atoms with Crippen molar-refractivity contribution in [1.82, 2.24) is 0 Å². The van der Waals surface area contributed by atoms with Crippen LogP contribution in [0.3, 0.4) is 0 Å². The topological polar surface area (TPSA) is 52.6 Å². The predicted molar refractivity (Wildman–Crippen MR) is 79.4 cm³/mol. The summed E-state index contributed by atoms with van der Waals surface area (Å²) in [6, 6.07) is 0. The van der Waals surface area contributed by atoms with E-state index in [1.165, 1.54) is 0 Å². The van der Waals surface area contributed by atoms with Gasteiger partial charge in [-0.25, -0.2) is 0 Å². The van der Waals surface area contributed by atoms with Gasteiger partial charge in [0.25, 0.3) is 0 Å². The highest BCUT2D eigenvalue weighted by molar-refractivity contribution is 5.82. The molecule has 0 radical (unpaired) electrons. The number of hydrogen-bond acceptors (Lipinski definition) is 4. The monoisotopic (exact) mass is 296 g/mol. The van der Waals surface area contributed by atoms with Crippen molar-refractivity contribution in [3.63, 3.8) is 0 Å². The molecule has 0 aromatic heterocycles. The van der Waals surface area contributed by atoms with Gasteiger partial charge in [0.2, 0.25) is 0 Å². The van der Waals surface area contributed by atoms with Crippen LogP contribution in [-0.4, -0.2) is 25.2 Å². The Morgan fingerprint density at radius 3 is 1.52 bits per heavy atom. The molecule has 0 aromatic carbocycles. The van der Waals surface area contributed by atoms with E-state index in [1.54, 1.807) is 0 Å². The van der Waals surface area contributed by atoms with E-state index in [0.29, 0.717) is 36.9 Å². The minimum Gasteiger partial charge on any atom is -0.465 e. The van der Waals surface area contributed by atoms with Crippen molar-refractivity contribution in [3.8, 4) is 0 Å². The first-order valence-electron chi connectivity index (χ1n) is 8.21. The molecule has 4 heteroatoms. The molecule has 4 atom stereocenters.